The molecule has 2 heterocycles. The molecule has 2 bridgehead atoms. The van der Waals surface area contributed by atoms with Gasteiger partial charge < -0.3 is 29.5 Å². The van der Waals surface area contributed by atoms with Crippen molar-refractivity contribution >= 4 is 17.8 Å². The van der Waals surface area contributed by atoms with E-state index in [2.05, 4.69) is 29.4 Å². The van der Waals surface area contributed by atoms with Gasteiger partial charge in [-0.25, -0.2) is 9.59 Å². The van der Waals surface area contributed by atoms with Gasteiger partial charge in [0, 0.05) is 35.1 Å². The number of carbonyl (C=O) groups is 3. The summed E-state index contributed by atoms with van der Waals surface area (Å²) in [6, 6.07) is 3.34. The number of hydrogen-bond acceptors (Lipinski definition) is 7. The van der Waals surface area contributed by atoms with Crippen molar-refractivity contribution in [1.29, 1.82) is 0 Å². The summed E-state index contributed by atoms with van der Waals surface area (Å²) in [5, 5.41) is 11.7. The molecule has 1 aromatic carbocycles. The quantitative estimate of drug-likeness (QED) is 0.334. The second-order valence-electron chi connectivity index (χ2n) is 10.4. The van der Waals surface area contributed by atoms with Crippen LogP contribution in [0.1, 0.15) is 31.4 Å². The summed E-state index contributed by atoms with van der Waals surface area (Å²) in [6.07, 6.45) is 6.83. The fourth-order valence-electron chi connectivity index (χ4n) is 6.50. The Bertz CT molecular complexity index is 1160. The van der Waals surface area contributed by atoms with Gasteiger partial charge in [0.1, 0.15) is 12.1 Å². The fraction of sp³-hybridized carbons (Fsp3) is 0.519. The first-order valence-electron chi connectivity index (χ1n) is 12.3. The lowest BCUT2D eigenvalue weighted by atomic mass is 9.53. The van der Waals surface area contributed by atoms with Gasteiger partial charge in [-0.2, -0.15) is 0 Å². The van der Waals surface area contributed by atoms with E-state index in [1.165, 1.54) is 11.1 Å². The van der Waals surface area contributed by atoms with Gasteiger partial charge in [-0.3, -0.25) is 4.79 Å². The topological polar surface area (TPSA) is 114 Å². The third-order valence-corrected chi connectivity index (χ3v) is 8.19. The van der Waals surface area contributed by atoms with Gasteiger partial charge in [-0.1, -0.05) is 26.0 Å². The first-order valence-corrected chi connectivity index (χ1v) is 12.3. The number of likely N-dealkylation sites (N-methyl/N-ethyl adjacent to an activating group) is 1. The van der Waals surface area contributed by atoms with Gasteiger partial charge in [0.2, 0.25) is 5.91 Å². The largest absolute Gasteiger partial charge is 0.493 e. The van der Waals surface area contributed by atoms with E-state index in [9.17, 15) is 19.5 Å². The summed E-state index contributed by atoms with van der Waals surface area (Å²) in [5.41, 5.74) is 2.10. The highest BCUT2D eigenvalue weighted by atomic mass is 16.6. The standard InChI is InChI=1S/C27H32N2O7/c1-14(2)23(26(32)33)28-20(30)9-10-21(31)35-19-8-6-16-17-13-15-5-7-18(34-4)24-22(15)27(16,25(19)36-24)11-12-29(17)3/h5-10,14,16-17,19,23,25H,11-13H2,1-4H3,(H,28,30)(H,32,33)/b10-9+/t16?,17-,19+,23?,25+,27+/m1/s1. The molecule has 192 valence electrons. The van der Waals surface area contributed by atoms with Crippen molar-refractivity contribution in [3.63, 3.8) is 0 Å². The zero-order chi connectivity index (χ0) is 25.8. The molecule has 9 heteroatoms. The van der Waals surface area contributed by atoms with Crippen LogP contribution in [-0.4, -0.2) is 72.8 Å². The van der Waals surface area contributed by atoms with Crippen LogP contribution < -0.4 is 14.8 Å². The molecule has 1 fully saturated rings. The number of likely N-dealkylation sites (tertiary alicyclic amines) is 1. The van der Waals surface area contributed by atoms with Gasteiger partial charge >= 0.3 is 11.9 Å². The zero-order valence-corrected chi connectivity index (χ0v) is 20.9. The molecule has 36 heavy (non-hydrogen) atoms. The molecule has 0 saturated carbocycles. The number of amides is 1. The molecule has 1 spiro atoms. The SMILES string of the molecule is COc1ccc2c3c1O[C@H]1[C@@H](OC(=O)/C=C/C(=O)NC(C(=O)O)C(C)C)C=CC4[C@@H](C2)N(C)CC[C@@]341. The van der Waals surface area contributed by atoms with Crippen LogP contribution in [0.4, 0.5) is 0 Å². The summed E-state index contributed by atoms with van der Waals surface area (Å²) >= 11 is 0. The van der Waals surface area contributed by atoms with Crippen molar-refractivity contribution in [2.75, 3.05) is 20.7 Å². The van der Waals surface area contributed by atoms with Crippen LogP contribution in [0.5, 0.6) is 11.5 Å². The molecular formula is C27H32N2O7. The molecule has 0 aromatic heterocycles. The van der Waals surface area contributed by atoms with Crippen molar-refractivity contribution in [3.05, 3.63) is 47.6 Å². The molecule has 4 aliphatic rings. The maximum absolute atomic E-state index is 12.7. The minimum atomic E-state index is -1.13. The van der Waals surface area contributed by atoms with Crippen molar-refractivity contribution in [2.24, 2.45) is 11.8 Å². The lowest BCUT2D eigenvalue weighted by Crippen LogP contribution is -2.65. The minimum absolute atomic E-state index is 0.224. The highest BCUT2D eigenvalue weighted by Gasteiger charge is 2.65. The lowest BCUT2D eigenvalue weighted by Gasteiger charge is -2.56. The Hall–Kier alpha value is -3.33. The van der Waals surface area contributed by atoms with E-state index < -0.39 is 36.1 Å². The molecule has 1 amide bonds. The van der Waals surface area contributed by atoms with E-state index in [0.29, 0.717) is 11.8 Å². The van der Waals surface area contributed by atoms with E-state index in [4.69, 9.17) is 14.2 Å². The molecule has 9 nitrogen and oxygen atoms in total. The van der Waals surface area contributed by atoms with Crippen LogP contribution in [0.2, 0.25) is 0 Å². The van der Waals surface area contributed by atoms with Crippen LogP contribution >= 0.6 is 0 Å². The predicted octanol–water partition coefficient (Wildman–Crippen LogP) is 1.83. The maximum Gasteiger partial charge on any atom is 0.331 e. The number of hydrogen-bond donors (Lipinski definition) is 2. The Morgan fingerprint density at radius 1 is 1.25 bits per heavy atom. The Morgan fingerprint density at radius 2 is 2.03 bits per heavy atom. The first-order chi connectivity index (χ1) is 17.2. The normalized spacial score (nSPS) is 30.5. The minimum Gasteiger partial charge on any atom is -0.493 e. The third kappa shape index (κ3) is 3.68. The van der Waals surface area contributed by atoms with Crippen LogP contribution in [0.15, 0.2) is 36.4 Å². The van der Waals surface area contributed by atoms with Gasteiger partial charge in [0.15, 0.2) is 17.6 Å². The summed E-state index contributed by atoms with van der Waals surface area (Å²) in [5.74, 6) is -1.17. The molecular weight excluding hydrogens is 464 g/mol. The summed E-state index contributed by atoms with van der Waals surface area (Å²) in [7, 11) is 3.78. The number of benzene rings is 1. The lowest BCUT2D eigenvalue weighted by molar-refractivity contribution is -0.149. The number of carbonyl (C=O) groups excluding carboxylic acids is 2. The van der Waals surface area contributed by atoms with Gasteiger partial charge in [0.25, 0.3) is 0 Å². The first kappa shape index (κ1) is 24.4. The Morgan fingerprint density at radius 3 is 2.72 bits per heavy atom. The van der Waals surface area contributed by atoms with Crippen molar-refractivity contribution in [3.8, 4) is 11.5 Å². The third-order valence-electron chi connectivity index (χ3n) is 8.19. The highest BCUT2D eigenvalue weighted by molar-refractivity contribution is 5.96. The number of piperidine rings is 1. The average molecular weight is 497 g/mol. The van der Waals surface area contributed by atoms with E-state index in [1.807, 2.05) is 12.1 Å². The number of methoxy groups -OCH3 is 1. The van der Waals surface area contributed by atoms with E-state index in [1.54, 1.807) is 21.0 Å². The van der Waals surface area contributed by atoms with Gasteiger partial charge in [0.05, 0.1) is 7.11 Å². The molecule has 2 N–H and O–H groups in total. The summed E-state index contributed by atoms with van der Waals surface area (Å²) in [4.78, 5) is 38.6. The molecule has 6 atom stereocenters. The molecule has 1 saturated heterocycles. The molecule has 2 unspecified atom stereocenters. The average Bonchev–Trinajstić information content (AvgIpc) is 3.19. The number of rotatable bonds is 7. The monoisotopic (exact) mass is 496 g/mol. The molecule has 2 aliphatic heterocycles. The van der Waals surface area contributed by atoms with Gasteiger partial charge in [-0.05, 0) is 50.1 Å². The molecule has 0 radical (unpaired) electrons. The summed E-state index contributed by atoms with van der Waals surface area (Å²) < 4.78 is 18.0. The number of ether oxygens (including phenoxy) is 3. The van der Waals surface area contributed by atoms with Crippen LogP contribution in [0.25, 0.3) is 0 Å². The van der Waals surface area contributed by atoms with E-state index >= 15 is 0 Å². The Kier molecular flexibility index (Phi) is 6.06. The van der Waals surface area contributed by atoms with Gasteiger partial charge in [-0.15, -0.1) is 0 Å². The van der Waals surface area contributed by atoms with Crippen molar-refractivity contribution in [2.45, 2.75) is 56.4 Å². The smallest absolute Gasteiger partial charge is 0.331 e. The second kappa shape index (κ2) is 8.96. The van der Waals surface area contributed by atoms with Crippen molar-refractivity contribution in [1.82, 2.24) is 10.2 Å². The second-order valence-corrected chi connectivity index (χ2v) is 10.4. The van der Waals surface area contributed by atoms with Crippen molar-refractivity contribution < 1.29 is 33.7 Å². The molecule has 2 aliphatic carbocycles. The summed E-state index contributed by atoms with van der Waals surface area (Å²) in [6.45, 7) is 4.29. The Labute approximate surface area is 210 Å². The van der Waals surface area contributed by atoms with Crippen LogP contribution in [0.3, 0.4) is 0 Å². The fourth-order valence-corrected chi connectivity index (χ4v) is 6.50. The molecule has 1 aromatic rings. The number of aliphatic carboxylic acids is 1. The van der Waals surface area contributed by atoms with E-state index in [0.717, 1.165) is 37.3 Å². The maximum atomic E-state index is 12.7. The molecule has 5 rings (SSSR count). The number of esters is 1. The zero-order valence-electron chi connectivity index (χ0n) is 20.9. The Balaban J connectivity index is 1.38. The van der Waals surface area contributed by atoms with Crippen LogP contribution in [0, 0.1) is 11.8 Å². The number of carboxylic acids is 1. The predicted molar refractivity (Wildman–Crippen MR) is 130 cm³/mol. The number of carboxylic acid groups (broad SMARTS) is 1. The number of nitrogens with one attached hydrogen (secondary N) is 1. The van der Waals surface area contributed by atoms with E-state index in [-0.39, 0.29) is 17.3 Å². The number of nitrogens with zero attached hydrogens (tertiary/aromatic N) is 1. The highest BCUT2D eigenvalue weighted by Crippen LogP contribution is 2.62. The van der Waals surface area contributed by atoms with Crippen LogP contribution in [-0.2, 0) is 31.0 Å².